The Labute approximate surface area is 234 Å². The number of nitrogens with zero attached hydrogens (tertiary/aromatic N) is 1. The van der Waals surface area contributed by atoms with Crippen LogP contribution in [0.15, 0.2) is 102 Å². The van der Waals surface area contributed by atoms with Gasteiger partial charge in [0.15, 0.2) is 11.5 Å². The zero-order valence-corrected chi connectivity index (χ0v) is 22.9. The highest BCUT2D eigenvalue weighted by atomic mass is 35.5. The van der Waals surface area contributed by atoms with Crippen LogP contribution in [0.4, 0.5) is 5.69 Å². The number of benzene rings is 4. The number of ether oxygens (including phenoxy) is 2. The van der Waals surface area contributed by atoms with Crippen molar-refractivity contribution in [3.8, 4) is 17.6 Å². The summed E-state index contributed by atoms with van der Waals surface area (Å²) in [6.07, 6.45) is 0.634. The van der Waals surface area contributed by atoms with Crippen molar-refractivity contribution in [1.82, 2.24) is 4.72 Å². The average Bonchev–Trinajstić information content (AvgIpc) is 2.97. The van der Waals surface area contributed by atoms with Gasteiger partial charge in [0.05, 0.1) is 36.3 Å². The molecule has 1 atom stereocenters. The lowest BCUT2D eigenvalue weighted by atomic mass is 10.1. The number of rotatable bonds is 12. The molecule has 0 aliphatic heterocycles. The maximum absolute atomic E-state index is 12.9. The summed E-state index contributed by atoms with van der Waals surface area (Å²) in [6, 6.07) is 29.9. The molecule has 4 rings (SSSR count). The molecule has 4 aromatic carbocycles. The van der Waals surface area contributed by atoms with Crippen molar-refractivity contribution in [1.29, 1.82) is 5.26 Å². The van der Waals surface area contributed by atoms with Gasteiger partial charge >= 0.3 is 0 Å². The molecular weight excluding hydrogens is 534 g/mol. The molecule has 0 amide bonds. The molecule has 0 saturated carbocycles. The molecule has 0 saturated heterocycles. The Morgan fingerprint density at radius 1 is 0.923 bits per heavy atom. The molecule has 39 heavy (non-hydrogen) atoms. The van der Waals surface area contributed by atoms with Crippen molar-refractivity contribution in [2.24, 2.45) is 0 Å². The van der Waals surface area contributed by atoms with Crippen LogP contribution in [0.2, 0.25) is 5.02 Å². The highest BCUT2D eigenvalue weighted by Gasteiger charge is 2.20. The van der Waals surface area contributed by atoms with Crippen LogP contribution in [0.3, 0.4) is 0 Å². The van der Waals surface area contributed by atoms with Gasteiger partial charge in [0.2, 0.25) is 10.0 Å². The second-order valence-electron chi connectivity index (χ2n) is 8.65. The molecule has 0 aromatic heterocycles. The molecule has 0 fully saturated rings. The number of hydrogen-bond donors (Lipinski definition) is 2. The second kappa shape index (κ2) is 13.2. The number of nitrogens with one attached hydrogen (secondary N) is 2. The third-order valence-electron chi connectivity index (χ3n) is 6.06. The number of hydrogen-bond acceptors (Lipinski definition) is 6. The van der Waals surface area contributed by atoms with E-state index in [-0.39, 0.29) is 11.4 Å². The topological polar surface area (TPSA) is 100 Å². The molecule has 0 aliphatic carbocycles. The van der Waals surface area contributed by atoms with Crippen LogP contribution in [0.25, 0.3) is 0 Å². The van der Waals surface area contributed by atoms with Crippen LogP contribution in [0.1, 0.15) is 22.7 Å². The van der Waals surface area contributed by atoms with E-state index in [1.54, 1.807) is 67.8 Å². The Balaban J connectivity index is 1.54. The molecule has 7 nitrogen and oxygen atoms in total. The van der Waals surface area contributed by atoms with Crippen molar-refractivity contribution in [3.05, 3.63) is 119 Å². The number of halogens is 1. The van der Waals surface area contributed by atoms with E-state index >= 15 is 0 Å². The first-order chi connectivity index (χ1) is 18.9. The summed E-state index contributed by atoms with van der Waals surface area (Å²) in [5.41, 5.74) is 3.04. The van der Waals surface area contributed by atoms with Gasteiger partial charge < -0.3 is 14.8 Å². The third-order valence-corrected chi connectivity index (χ3v) is 7.87. The van der Waals surface area contributed by atoms with E-state index in [2.05, 4.69) is 16.1 Å². The molecule has 0 radical (unpaired) electrons. The quantitative estimate of drug-likeness (QED) is 0.221. The summed E-state index contributed by atoms with van der Waals surface area (Å²) >= 11 is 6.25. The van der Waals surface area contributed by atoms with Crippen molar-refractivity contribution in [3.63, 3.8) is 0 Å². The summed E-state index contributed by atoms with van der Waals surface area (Å²) < 4.78 is 40.1. The number of methoxy groups -OCH3 is 1. The van der Waals surface area contributed by atoms with Gasteiger partial charge in [0, 0.05) is 23.7 Å². The van der Waals surface area contributed by atoms with Gasteiger partial charge in [-0.05, 0) is 65.7 Å². The summed E-state index contributed by atoms with van der Waals surface area (Å²) in [6.45, 7) is 0.469. The predicted octanol–water partition coefficient (Wildman–Crippen LogP) is 5.97. The fourth-order valence-corrected chi connectivity index (χ4v) is 5.26. The van der Waals surface area contributed by atoms with E-state index in [9.17, 15) is 8.42 Å². The van der Waals surface area contributed by atoms with Crippen LogP contribution < -0.4 is 19.5 Å². The molecule has 1 unspecified atom stereocenters. The van der Waals surface area contributed by atoms with Crippen LogP contribution in [0, 0.1) is 11.3 Å². The Hall–Kier alpha value is -4.03. The lowest BCUT2D eigenvalue weighted by Gasteiger charge is -2.22. The van der Waals surface area contributed by atoms with Crippen LogP contribution in [0.5, 0.6) is 11.5 Å². The molecular formula is C30H28ClN3O4S. The van der Waals surface area contributed by atoms with E-state index in [1.807, 2.05) is 36.4 Å². The fourth-order valence-electron chi connectivity index (χ4n) is 3.96. The monoisotopic (exact) mass is 561 g/mol. The first-order valence-electron chi connectivity index (χ1n) is 12.2. The van der Waals surface area contributed by atoms with E-state index < -0.39 is 16.1 Å². The van der Waals surface area contributed by atoms with Crippen molar-refractivity contribution >= 4 is 27.3 Å². The summed E-state index contributed by atoms with van der Waals surface area (Å²) in [5, 5.41) is 13.2. The van der Waals surface area contributed by atoms with Crippen LogP contribution >= 0.6 is 11.6 Å². The van der Waals surface area contributed by atoms with Crippen molar-refractivity contribution < 1.29 is 17.9 Å². The van der Waals surface area contributed by atoms with E-state index in [0.29, 0.717) is 35.1 Å². The Kier molecular flexibility index (Phi) is 9.45. The Morgan fingerprint density at radius 3 is 2.33 bits per heavy atom. The minimum absolute atomic E-state index is 0.0626. The fraction of sp³-hybridized carbons (Fsp3) is 0.167. The highest BCUT2D eigenvalue weighted by Crippen LogP contribution is 2.32. The molecule has 4 aromatic rings. The lowest BCUT2D eigenvalue weighted by Crippen LogP contribution is -2.31. The maximum Gasteiger partial charge on any atom is 0.240 e. The minimum Gasteiger partial charge on any atom is -0.493 e. The predicted molar refractivity (Wildman–Crippen MR) is 153 cm³/mol. The van der Waals surface area contributed by atoms with Crippen molar-refractivity contribution in [2.75, 3.05) is 25.6 Å². The van der Waals surface area contributed by atoms with Gasteiger partial charge in [0.25, 0.3) is 0 Å². The van der Waals surface area contributed by atoms with E-state index in [0.717, 1.165) is 16.8 Å². The molecule has 0 aliphatic rings. The third kappa shape index (κ3) is 7.52. The molecule has 200 valence electrons. The van der Waals surface area contributed by atoms with Gasteiger partial charge in [-0.1, -0.05) is 54.1 Å². The van der Waals surface area contributed by atoms with Crippen LogP contribution in [-0.4, -0.2) is 28.7 Å². The standard InChI is InChI=1S/C30H28ClN3O4S/c1-37-30-19-24(13-16-29(30)38-18-17-23-7-5-6-10-27(23)31)28(34-25-14-11-22(20-32)12-15-25)21-33-39(35,36)26-8-3-2-4-9-26/h2-16,19,28,33-34H,17-18,21H2,1H3. The smallest absolute Gasteiger partial charge is 0.240 e. The Morgan fingerprint density at radius 2 is 1.64 bits per heavy atom. The van der Waals surface area contributed by atoms with Crippen molar-refractivity contribution in [2.45, 2.75) is 17.4 Å². The number of anilines is 1. The molecule has 9 heteroatoms. The minimum atomic E-state index is -3.73. The zero-order valence-electron chi connectivity index (χ0n) is 21.3. The normalized spacial score (nSPS) is 11.8. The first-order valence-corrected chi connectivity index (χ1v) is 14.1. The summed E-state index contributed by atoms with van der Waals surface area (Å²) in [7, 11) is -2.18. The maximum atomic E-state index is 12.9. The van der Waals surface area contributed by atoms with Gasteiger partial charge in [-0.3, -0.25) is 0 Å². The van der Waals surface area contributed by atoms with Gasteiger partial charge in [-0.2, -0.15) is 5.26 Å². The number of sulfonamides is 1. The van der Waals surface area contributed by atoms with Gasteiger partial charge in [0.1, 0.15) is 0 Å². The first kappa shape index (κ1) is 28.0. The van der Waals surface area contributed by atoms with E-state index in [1.165, 1.54) is 0 Å². The van der Waals surface area contributed by atoms with E-state index in [4.69, 9.17) is 26.3 Å². The highest BCUT2D eigenvalue weighted by molar-refractivity contribution is 7.89. The van der Waals surface area contributed by atoms with Gasteiger partial charge in [-0.15, -0.1) is 0 Å². The molecule has 2 N–H and O–H groups in total. The largest absolute Gasteiger partial charge is 0.493 e. The SMILES string of the molecule is COc1cc(C(CNS(=O)(=O)c2ccccc2)Nc2ccc(C#N)cc2)ccc1OCCc1ccccc1Cl. The number of nitriles is 1. The second-order valence-corrected chi connectivity index (χ2v) is 10.8. The Bertz CT molecular complexity index is 1540. The van der Waals surface area contributed by atoms with Gasteiger partial charge in [-0.25, -0.2) is 13.1 Å². The lowest BCUT2D eigenvalue weighted by molar-refractivity contribution is 0.297. The summed E-state index contributed by atoms with van der Waals surface area (Å²) in [5.74, 6) is 1.08. The van der Waals surface area contributed by atoms with Crippen LogP contribution in [-0.2, 0) is 16.4 Å². The zero-order chi connectivity index (χ0) is 27.7. The average molecular weight is 562 g/mol. The molecule has 0 spiro atoms. The summed E-state index contributed by atoms with van der Waals surface area (Å²) in [4.78, 5) is 0.182. The molecule has 0 bridgehead atoms. The molecule has 0 heterocycles.